The quantitative estimate of drug-likeness (QED) is 0.792. The SMILES string of the molecule is COC(=O)c1ncn(CN2CCO[C@@H](c3ccc(Cl)cc3)C2)n1. The van der Waals surface area contributed by atoms with Crippen molar-refractivity contribution in [3.05, 3.63) is 47.0 Å². The van der Waals surface area contributed by atoms with Gasteiger partial charge in [0.1, 0.15) is 6.33 Å². The largest absolute Gasteiger partial charge is 0.463 e. The van der Waals surface area contributed by atoms with Crippen LogP contribution in [0.2, 0.25) is 5.02 Å². The smallest absolute Gasteiger partial charge is 0.377 e. The Morgan fingerprint density at radius 1 is 1.43 bits per heavy atom. The molecule has 3 rings (SSSR count). The van der Waals surface area contributed by atoms with Crippen molar-refractivity contribution >= 4 is 17.6 Å². The molecule has 0 bridgehead atoms. The van der Waals surface area contributed by atoms with E-state index in [4.69, 9.17) is 16.3 Å². The summed E-state index contributed by atoms with van der Waals surface area (Å²) in [4.78, 5) is 17.5. The van der Waals surface area contributed by atoms with Gasteiger partial charge in [0.05, 0.1) is 26.5 Å². The Morgan fingerprint density at radius 2 is 2.22 bits per heavy atom. The monoisotopic (exact) mass is 336 g/mol. The van der Waals surface area contributed by atoms with E-state index < -0.39 is 5.97 Å². The molecule has 1 aromatic carbocycles. The number of aromatic nitrogens is 3. The van der Waals surface area contributed by atoms with Crippen LogP contribution in [-0.4, -0.2) is 52.4 Å². The molecule has 0 spiro atoms. The van der Waals surface area contributed by atoms with Crippen LogP contribution in [0.25, 0.3) is 0 Å². The first-order valence-corrected chi connectivity index (χ1v) is 7.60. The summed E-state index contributed by atoms with van der Waals surface area (Å²) in [5, 5.41) is 4.82. The van der Waals surface area contributed by atoms with Gasteiger partial charge in [-0.2, -0.15) is 0 Å². The third-order valence-corrected chi connectivity index (χ3v) is 3.89. The second-order valence-electron chi connectivity index (χ2n) is 5.23. The van der Waals surface area contributed by atoms with Crippen LogP contribution in [-0.2, 0) is 16.1 Å². The topological polar surface area (TPSA) is 69.5 Å². The zero-order valence-electron chi connectivity index (χ0n) is 12.7. The predicted octanol–water partition coefficient (Wildman–Crippen LogP) is 1.75. The van der Waals surface area contributed by atoms with Gasteiger partial charge in [0.25, 0.3) is 5.82 Å². The molecule has 8 heteroatoms. The number of rotatable bonds is 4. The van der Waals surface area contributed by atoms with Gasteiger partial charge in [0, 0.05) is 18.1 Å². The minimum Gasteiger partial charge on any atom is -0.463 e. The summed E-state index contributed by atoms with van der Waals surface area (Å²) < 4.78 is 12.1. The fraction of sp³-hybridized carbons (Fsp3) is 0.400. The lowest BCUT2D eigenvalue weighted by Crippen LogP contribution is -2.39. The summed E-state index contributed by atoms with van der Waals surface area (Å²) in [6, 6.07) is 7.67. The molecule has 2 aromatic rings. The molecule has 1 aliphatic heterocycles. The van der Waals surface area contributed by atoms with Crippen LogP contribution in [0, 0.1) is 0 Å². The standard InChI is InChI=1S/C15H17ClN4O3/c1-22-15(21)14-17-9-20(18-14)10-19-6-7-23-13(8-19)11-2-4-12(16)5-3-11/h2-5,9,13H,6-8,10H2,1H3/t13-/m1/s1. The Bertz CT molecular complexity index is 674. The highest BCUT2D eigenvalue weighted by Crippen LogP contribution is 2.23. The molecular formula is C15H17ClN4O3. The van der Waals surface area contributed by atoms with Crippen LogP contribution >= 0.6 is 11.6 Å². The Balaban J connectivity index is 1.63. The lowest BCUT2D eigenvalue weighted by Gasteiger charge is -2.32. The summed E-state index contributed by atoms with van der Waals surface area (Å²) in [7, 11) is 1.31. The minimum atomic E-state index is -0.537. The Labute approximate surface area is 138 Å². The molecule has 1 aromatic heterocycles. The van der Waals surface area contributed by atoms with E-state index >= 15 is 0 Å². The van der Waals surface area contributed by atoms with Crippen molar-refractivity contribution in [2.24, 2.45) is 0 Å². The number of carbonyl (C=O) groups is 1. The first-order chi connectivity index (χ1) is 11.2. The highest BCUT2D eigenvalue weighted by atomic mass is 35.5. The fourth-order valence-electron chi connectivity index (χ4n) is 2.46. The van der Waals surface area contributed by atoms with Crippen molar-refractivity contribution in [1.29, 1.82) is 0 Å². The molecule has 7 nitrogen and oxygen atoms in total. The van der Waals surface area contributed by atoms with Crippen LogP contribution in [0.1, 0.15) is 22.3 Å². The molecule has 0 aliphatic carbocycles. The predicted molar refractivity (Wildman–Crippen MR) is 83.1 cm³/mol. The molecule has 0 saturated carbocycles. The van der Waals surface area contributed by atoms with Gasteiger partial charge in [-0.15, -0.1) is 5.10 Å². The second-order valence-corrected chi connectivity index (χ2v) is 5.67. The van der Waals surface area contributed by atoms with Gasteiger partial charge in [-0.1, -0.05) is 23.7 Å². The number of carbonyl (C=O) groups excluding carboxylic acids is 1. The maximum absolute atomic E-state index is 11.4. The van der Waals surface area contributed by atoms with Gasteiger partial charge >= 0.3 is 5.97 Å². The average Bonchev–Trinajstić information content (AvgIpc) is 3.03. The number of ether oxygens (including phenoxy) is 2. The molecule has 1 saturated heterocycles. The molecule has 1 aliphatic rings. The third-order valence-electron chi connectivity index (χ3n) is 3.64. The van der Waals surface area contributed by atoms with Gasteiger partial charge in [0.2, 0.25) is 0 Å². The minimum absolute atomic E-state index is 0.00962. The zero-order chi connectivity index (χ0) is 16.2. The van der Waals surface area contributed by atoms with Crippen molar-refractivity contribution in [3.63, 3.8) is 0 Å². The number of methoxy groups -OCH3 is 1. The van der Waals surface area contributed by atoms with E-state index in [1.165, 1.54) is 13.4 Å². The van der Waals surface area contributed by atoms with Crippen molar-refractivity contribution in [2.75, 3.05) is 26.8 Å². The van der Waals surface area contributed by atoms with E-state index in [0.717, 1.165) is 18.7 Å². The fourth-order valence-corrected chi connectivity index (χ4v) is 2.59. The molecule has 0 unspecified atom stereocenters. The Hall–Kier alpha value is -1.96. The van der Waals surface area contributed by atoms with Crippen LogP contribution in [0.3, 0.4) is 0 Å². The molecule has 23 heavy (non-hydrogen) atoms. The zero-order valence-corrected chi connectivity index (χ0v) is 13.4. The molecule has 1 fully saturated rings. The van der Waals surface area contributed by atoms with E-state index in [0.29, 0.717) is 18.3 Å². The first kappa shape index (κ1) is 15.9. The molecule has 0 N–H and O–H groups in total. The van der Waals surface area contributed by atoms with Gasteiger partial charge in [-0.05, 0) is 17.7 Å². The number of hydrogen-bond acceptors (Lipinski definition) is 6. The van der Waals surface area contributed by atoms with Crippen LogP contribution in [0.5, 0.6) is 0 Å². The van der Waals surface area contributed by atoms with Crippen molar-refractivity contribution in [1.82, 2.24) is 19.7 Å². The van der Waals surface area contributed by atoms with Crippen LogP contribution in [0.15, 0.2) is 30.6 Å². The maximum atomic E-state index is 11.4. The number of esters is 1. The van der Waals surface area contributed by atoms with Gasteiger partial charge in [0.15, 0.2) is 0 Å². The summed E-state index contributed by atoms with van der Waals surface area (Å²) in [5.41, 5.74) is 1.09. The summed E-state index contributed by atoms with van der Waals surface area (Å²) in [5.74, 6) is -0.472. The van der Waals surface area contributed by atoms with Crippen molar-refractivity contribution in [3.8, 4) is 0 Å². The van der Waals surface area contributed by atoms with E-state index in [1.54, 1.807) is 4.68 Å². The average molecular weight is 337 g/mol. The third kappa shape index (κ3) is 3.87. The van der Waals surface area contributed by atoms with Gasteiger partial charge in [-0.25, -0.2) is 14.5 Å². The Kier molecular flexibility index (Phi) is 4.90. The normalized spacial score (nSPS) is 18.8. The molecular weight excluding hydrogens is 320 g/mol. The first-order valence-electron chi connectivity index (χ1n) is 7.23. The molecule has 0 amide bonds. The summed E-state index contributed by atoms with van der Waals surface area (Å²) in [6.45, 7) is 2.69. The van der Waals surface area contributed by atoms with E-state index in [2.05, 4.69) is 19.7 Å². The highest BCUT2D eigenvalue weighted by Gasteiger charge is 2.22. The van der Waals surface area contributed by atoms with E-state index in [1.807, 2.05) is 24.3 Å². The van der Waals surface area contributed by atoms with Gasteiger partial charge in [-0.3, -0.25) is 4.90 Å². The van der Waals surface area contributed by atoms with Gasteiger partial charge < -0.3 is 9.47 Å². The highest BCUT2D eigenvalue weighted by molar-refractivity contribution is 6.30. The van der Waals surface area contributed by atoms with E-state index in [9.17, 15) is 4.79 Å². The molecule has 0 radical (unpaired) electrons. The molecule has 122 valence electrons. The number of morpholine rings is 1. The number of halogens is 1. The Morgan fingerprint density at radius 3 is 2.96 bits per heavy atom. The lowest BCUT2D eigenvalue weighted by molar-refractivity contribution is -0.0417. The maximum Gasteiger partial charge on any atom is 0.377 e. The molecule has 1 atom stereocenters. The van der Waals surface area contributed by atoms with Crippen molar-refractivity contribution in [2.45, 2.75) is 12.8 Å². The second kappa shape index (κ2) is 7.08. The van der Waals surface area contributed by atoms with E-state index in [-0.39, 0.29) is 11.9 Å². The summed E-state index contributed by atoms with van der Waals surface area (Å²) in [6.07, 6.45) is 1.52. The number of nitrogens with zero attached hydrogens (tertiary/aromatic N) is 4. The summed E-state index contributed by atoms with van der Waals surface area (Å²) >= 11 is 5.92. The van der Waals surface area contributed by atoms with Crippen molar-refractivity contribution < 1.29 is 14.3 Å². The molecule has 2 heterocycles. The van der Waals surface area contributed by atoms with Crippen LogP contribution < -0.4 is 0 Å². The number of benzene rings is 1. The van der Waals surface area contributed by atoms with Crippen LogP contribution in [0.4, 0.5) is 0 Å². The number of hydrogen-bond donors (Lipinski definition) is 0. The lowest BCUT2D eigenvalue weighted by atomic mass is 10.1.